The molecule has 0 aromatic carbocycles. The number of amides is 1. The van der Waals surface area contributed by atoms with Gasteiger partial charge in [0, 0.05) is 5.71 Å². The number of methoxy groups -OCH3 is 1. The van der Waals surface area contributed by atoms with E-state index in [1.807, 2.05) is 0 Å². The molecule has 1 amide bonds. The maximum atomic E-state index is 10.6. The zero-order valence-electron chi connectivity index (χ0n) is 7.09. The lowest BCUT2D eigenvalue weighted by molar-refractivity contribution is 0.171. The SMILES string of the molecule is COC(=O)NN=C1CC2(CC2)C1. The van der Waals surface area contributed by atoms with Crippen LogP contribution in [-0.4, -0.2) is 18.9 Å². The fourth-order valence-corrected chi connectivity index (χ4v) is 1.59. The summed E-state index contributed by atoms with van der Waals surface area (Å²) >= 11 is 0. The average molecular weight is 168 g/mol. The summed E-state index contributed by atoms with van der Waals surface area (Å²) in [5.41, 5.74) is 4.03. The van der Waals surface area contributed by atoms with E-state index in [0.29, 0.717) is 5.41 Å². The van der Waals surface area contributed by atoms with Crippen LogP contribution in [-0.2, 0) is 4.74 Å². The third-order valence-electron chi connectivity index (χ3n) is 2.61. The molecule has 0 aliphatic heterocycles. The Hall–Kier alpha value is -1.06. The number of ether oxygens (including phenoxy) is 1. The second-order valence-corrected chi connectivity index (χ2v) is 3.63. The van der Waals surface area contributed by atoms with Crippen molar-refractivity contribution in [1.82, 2.24) is 5.43 Å². The first kappa shape index (κ1) is 7.58. The van der Waals surface area contributed by atoms with Crippen LogP contribution < -0.4 is 5.43 Å². The summed E-state index contributed by atoms with van der Waals surface area (Å²) in [6.07, 6.45) is 4.32. The van der Waals surface area contributed by atoms with E-state index in [2.05, 4.69) is 15.3 Å². The maximum Gasteiger partial charge on any atom is 0.427 e. The van der Waals surface area contributed by atoms with Crippen molar-refractivity contribution in [2.45, 2.75) is 25.7 Å². The van der Waals surface area contributed by atoms with Crippen molar-refractivity contribution in [3.8, 4) is 0 Å². The first-order chi connectivity index (χ1) is 5.74. The summed E-state index contributed by atoms with van der Waals surface area (Å²) in [7, 11) is 1.33. The lowest BCUT2D eigenvalue weighted by Crippen LogP contribution is -2.29. The van der Waals surface area contributed by atoms with E-state index in [1.54, 1.807) is 0 Å². The van der Waals surface area contributed by atoms with Crippen molar-refractivity contribution in [2.24, 2.45) is 10.5 Å². The van der Waals surface area contributed by atoms with E-state index in [9.17, 15) is 4.79 Å². The molecule has 4 nitrogen and oxygen atoms in total. The third-order valence-corrected chi connectivity index (χ3v) is 2.61. The zero-order valence-corrected chi connectivity index (χ0v) is 7.09. The molecule has 2 aliphatic carbocycles. The minimum Gasteiger partial charge on any atom is -0.452 e. The minimum atomic E-state index is -0.487. The molecular formula is C8H12N2O2. The van der Waals surface area contributed by atoms with Crippen LogP contribution in [0.1, 0.15) is 25.7 Å². The molecule has 0 aromatic heterocycles. The number of carbonyl (C=O) groups is 1. The van der Waals surface area contributed by atoms with Gasteiger partial charge in [0.1, 0.15) is 0 Å². The van der Waals surface area contributed by atoms with Crippen molar-refractivity contribution >= 4 is 11.8 Å². The molecule has 4 heteroatoms. The molecule has 1 N–H and O–H groups in total. The second kappa shape index (κ2) is 2.47. The summed E-state index contributed by atoms with van der Waals surface area (Å²) in [4.78, 5) is 10.6. The number of hydrogen-bond donors (Lipinski definition) is 1. The minimum absolute atomic E-state index is 0.487. The summed E-state index contributed by atoms with van der Waals surface area (Å²) in [6.45, 7) is 0. The van der Waals surface area contributed by atoms with Crippen molar-refractivity contribution in [1.29, 1.82) is 0 Å². The van der Waals surface area contributed by atoms with E-state index in [0.717, 1.165) is 18.6 Å². The topological polar surface area (TPSA) is 50.7 Å². The van der Waals surface area contributed by atoms with Gasteiger partial charge in [-0.15, -0.1) is 0 Å². The molecule has 0 radical (unpaired) electrons. The van der Waals surface area contributed by atoms with Crippen LogP contribution in [0.2, 0.25) is 0 Å². The molecule has 0 bridgehead atoms. The standard InChI is InChI=1S/C8H12N2O2/c1-12-7(11)10-9-6-4-8(5-6)2-3-8/h2-5H2,1H3,(H,10,11). The predicted octanol–water partition coefficient (Wildman–Crippen LogP) is 1.27. The van der Waals surface area contributed by atoms with Gasteiger partial charge in [-0.25, -0.2) is 10.2 Å². The number of carbonyl (C=O) groups excluding carboxylic acids is 1. The van der Waals surface area contributed by atoms with Gasteiger partial charge in [-0.1, -0.05) is 0 Å². The van der Waals surface area contributed by atoms with E-state index >= 15 is 0 Å². The van der Waals surface area contributed by atoms with Crippen LogP contribution in [0.15, 0.2) is 5.10 Å². The Labute approximate surface area is 71.0 Å². The number of hydrogen-bond acceptors (Lipinski definition) is 3. The first-order valence-electron chi connectivity index (χ1n) is 4.14. The molecule has 12 heavy (non-hydrogen) atoms. The monoisotopic (exact) mass is 168 g/mol. The van der Waals surface area contributed by atoms with Crippen molar-refractivity contribution in [2.75, 3.05) is 7.11 Å². The van der Waals surface area contributed by atoms with Crippen molar-refractivity contribution in [3.63, 3.8) is 0 Å². The molecule has 2 aliphatic rings. The summed E-state index contributed by atoms with van der Waals surface area (Å²) in [5, 5.41) is 3.93. The van der Waals surface area contributed by atoms with Crippen molar-refractivity contribution < 1.29 is 9.53 Å². The van der Waals surface area contributed by atoms with Crippen molar-refractivity contribution in [3.05, 3.63) is 0 Å². The van der Waals surface area contributed by atoms with Crippen LogP contribution in [0.4, 0.5) is 4.79 Å². The zero-order chi connectivity index (χ0) is 8.60. The van der Waals surface area contributed by atoms with Crippen LogP contribution >= 0.6 is 0 Å². The summed E-state index contributed by atoms with van der Waals surface area (Å²) in [5.74, 6) is 0. The number of nitrogens with zero attached hydrogens (tertiary/aromatic N) is 1. The lowest BCUT2D eigenvalue weighted by Gasteiger charge is -2.26. The van der Waals surface area contributed by atoms with Crippen LogP contribution in [0, 0.1) is 5.41 Å². The van der Waals surface area contributed by atoms with E-state index in [-0.39, 0.29) is 0 Å². The number of hydrazone groups is 1. The normalized spacial score (nSPS) is 22.9. The Balaban J connectivity index is 1.75. The third kappa shape index (κ3) is 1.29. The molecule has 2 rings (SSSR count). The molecule has 0 atom stereocenters. The molecular weight excluding hydrogens is 156 g/mol. The molecule has 0 heterocycles. The van der Waals surface area contributed by atoms with Gasteiger partial charge in [-0.2, -0.15) is 5.10 Å². The van der Waals surface area contributed by atoms with E-state index < -0.39 is 6.09 Å². The smallest absolute Gasteiger partial charge is 0.427 e. The van der Waals surface area contributed by atoms with Gasteiger partial charge in [0.15, 0.2) is 0 Å². The van der Waals surface area contributed by atoms with Gasteiger partial charge in [-0.05, 0) is 31.1 Å². The Bertz CT molecular complexity index is 233. The summed E-state index contributed by atoms with van der Waals surface area (Å²) in [6, 6.07) is 0. The molecule has 1 spiro atoms. The van der Waals surface area contributed by atoms with Crippen LogP contribution in [0.5, 0.6) is 0 Å². The van der Waals surface area contributed by atoms with Crippen LogP contribution in [0.25, 0.3) is 0 Å². The largest absolute Gasteiger partial charge is 0.452 e. The number of nitrogens with one attached hydrogen (secondary N) is 1. The fraction of sp³-hybridized carbons (Fsp3) is 0.750. The molecule has 0 aromatic rings. The highest BCUT2D eigenvalue weighted by molar-refractivity contribution is 5.93. The quantitative estimate of drug-likeness (QED) is 0.599. The number of rotatable bonds is 1. The molecule has 0 saturated heterocycles. The summed E-state index contributed by atoms with van der Waals surface area (Å²) < 4.78 is 4.38. The van der Waals surface area contributed by atoms with E-state index in [1.165, 1.54) is 20.0 Å². The van der Waals surface area contributed by atoms with Gasteiger partial charge in [0.25, 0.3) is 0 Å². The predicted molar refractivity (Wildman–Crippen MR) is 43.9 cm³/mol. The van der Waals surface area contributed by atoms with Gasteiger partial charge in [0.2, 0.25) is 0 Å². The highest BCUT2D eigenvalue weighted by Gasteiger charge is 2.51. The second-order valence-electron chi connectivity index (χ2n) is 3.63. The van der Waals surface area contributed by atoms with Gasteiger partial charge >= 0.3 is 6.09 Å². The van der Waals surface area contributed by atoms with Crippen LogP contribution in [0.3, 0.4) is 0 Å². The molecule has 0 unspecified atom stereocenters. The molecule has 2 saturated carbocycles. The molecule has 2 fully saturated rings. The lowest BCUT2D eigenvalue weighted by atomic mass is 9.80. The Morgan fingerprint density at radius 1 is 1.58 bits per heavy atom. The van der Waals surface area contributed by atoms with E-state index in [4.69, 9.17) is 0 Å². The van der Waals surface area contributed by atoms with Gasteiger partial charge < -0.3 is 4.74 Å². The fourth-order valence-electron chi connectivity index (χ4n) is 1.59. The Morgan fingerprint density at radius 3 is 2.75 bits per heavy atom. The van der Waals surface area contributed by atoms with Gasteiger partial charge in [-0.3, -0.25) is 0 Å². The maximum absolute atomic E-state index is 10.6. The molecule has 66 valence electrons. The Kier molecular flexibility index (Phi) is 1.56. The van der Waals surface area contributed by atoms with Gasteiger partial charge in [0.05, 0.1) is 7.11 Å². The highest BCUT2D eigenvalue weighted by Crippen LogP contribution is 2.59. The highest BCUT2D eigenvalue weighted by atomic mass is 16.5. The Morgan fingerprint density at radius 2 is 2.25 bits per heavy atom. The average Bonchev–Trinajstić information content (AvgIpc) is 2.77. The first-order valence-corrected chi connectivity index (χ1v) is 4.14.